The third-order valence-electron chi connectivity index (χ3n) is 4.29. The van der Waals surface area contributed by atoms with Crippen molar-refractivity contribution in [3.63, 3.8) is 0 Å². The van der Waals surface area contributed by atoms with Gasteiger partial charge in [0.05, 0.1) is 11.1 Å². The number of aromatic nitrogens is 4. The molecule has 22 heavy (non-hydrogen) atoms. The van der Waals surface area contributed by atoms with Crippen LogP contribution in [0.15, 0.2) is 30.7 Å². The molecule has 3 heterocycles. The van der Waals surface area contributed by atoms with Gasteiger partial charge in [-0.3, -0.25) is 4.40 Å². The predicted molar refractivity (Wildman–Crippen MR) is 89.2 cm³/mol. The lowest BCUT2D eigenvalue weighted by Gasteiger charge is -2.09. The molecule has 0 saturated heterocycles. The van der Waals surface area contributed by atoms with Crippen molar-refractivity contribution in [2.75, 3.05) is 0 Å². The van der Waals surface area contributed by atoms with Crippen LogP contribution in [0.25, 0.3) is 26.4 Å². The fraction of sp³-hybridized carbons (Fsp3) is 0.235. The summed E-state index contributed by atoms with van der Waals surface area (Å²) >= 11 is 1.69. The van der Waals surface area contributed by atoms with Crippen molar-refractivity contribution < 1.29 is 4.57 Å². The SMILES string of the molecule is Cc1cc(C)c(C)c(-c2c3sc4nncn4c3cc[n+]2C)c1. The lowest BCUT2D eigenvalue weighted by atomic mass is 9.97. The zero-order chi connectivity index (χ0) is 15.4. The highest BCUT2D eigenvalue weighted by atomic mass is 32.1. The van der Waals surface area contributed by atoms with Crippen molar-refractivity contribution in [1.82, 2.24) is 14.6 Å². The minimum atomic E-state index is 0.935. The summed E-state index contributed by atoms with van der Waals surface area (Å²) in [6, 6.07) is 6.64. The highest BCUT2D eigenvalue weighted by molar-refractivity contribution is 7.24. The Morgan fingerprint density at radius 3 is 2.82 bits per heavy atom. The molecule has 0 saturated carbocycles. The molecular formula is C17H17N4S+. The van der Waals surface area contributed by atoms with Crippen LogP contribution in [0.2, 0.25) is 0 Å². The molecule has 4 aromatic rings. The number of nitrogens with zero attached hydrogens (tertiary/aromatic N) is 4. The molecule has 0 bridgehead atoms. The fourth-order valence-corrected chi connectivity index (χ4v) is 4.19. The van der Waals surface area contributed by atoms with E-state index >= 15 is 0 Å². The third-order valence-corrected chi connectivity index (χ3v) is 5.36. The molecule has 0 radical (unpaired) electrons. The van der Waals surface area contributed by atoms with Gasteiger partial charge >= 0.3 is 0 Å². The second kappa shape index (κ2) is 4.61. The van der Waals surface area contributed by atoms with Crippen LogP contribution in [0, 0.1) is 20.8 Å². The van der Waals surface area contributed by atoms with Crippen molar-refractivity contribution in [2.45, 2.75) is 20.8 Å². The Kier molecular flexibility index (Phi) is 2.81. The van der Waals surface area contributed by atoms with Gasteiger partial charge in [-0.1, -0.05) is 23.0 Å². The topological polar surface area (TPSA) is 34.1 Å². The molecule has 0 aliphatic rings. The molecule has 0 atom stereocenters. The molecule has 0 fully saturated rings. The van der Waals surface area contributed by atoms with Gasteiger partial charge in [0, 0.05) is 6.07 Å². The van der Waals surface area contributed by atoms with Crippen molar-refractivity contribution in [1.29, 1.82) is 0 Å². The molecule has 0 aliphatic heterocycles. The van der Waals surface area contributed by atoms with E-state index < -0.39 is 0 Å². The van der Waals surface area contributed by atoms with Crippen molar-refractivity contribution in [3.8, 4) is 11.3 Å². The summed E-state index contributed by atoms with van der Waals surface area (Å²) < 4.78 is 5.51. The Hall–Kier alpha value is -2.27. The van der Waals surface area contributed by atoms with E-state index in [0.29, 0.717) is 0 Å². The monoisotopic (exact) mass is 309 g/mol. The summed E-state index contributed by atoms with van der Waals surface area (Å²) in [7, 11) is 2.10. The molecule has 1 aromatic carbocycles. The number of hydrogen-bond acceptors (Lipinski definition) is 3. The van der Waals surface area contributed by atoms with Crippen molar-refractivity contribution in [3.05, 3.63) is 47.4 Å². The van der Waals surface area contributed by atoms with Gasteiger partial charge in [0.15, 0.2) is 6.20 Å². The minimum absolute atomic E-state index is 0.935. The zero-order valence-corrected chi connectivity index (χ0v) is 13.9. The molecule has 110 valence electrons. The van der Waals surface area contributed by atoms with Gasteiger partial charge in [-0.15, -0.1) is 10.2 Å². The van der Waals surface area contributed by atoms with Crippen LogP contribution in [-0.4, -0.2) is 14.6 Å². The Bertz CT molecular complexity index is 1030. The van der Waals surface area contributed by atoms with E-state index in [0.717, 1.165) is 10.5 Å². The summed E-state index contributed by atoms with van der Waals surface area (Å²) in [6.45, 7) is 6.53. The van der Waals surface area contributed by atoms with Gasteiger partial charge in [0.25, 0.3) is 0 Å². The number of rotatable bonds is 1. The Labute approximate surface area is 132 Å². The highest BCUT2D eigenvalue weighted by Crippen LogP contribution is 2.34. The number of fused-ring (bicyclic) bond motifs is 3. The average molecular weight is 309 g/mol. The Morgan fingerprint density at radius 2 is 2.00 bits per heavy atom. The summed E-state index contributed by atoms with van der Waals surface area (Å²) in [5.41, 5.74) is 7.66. The van der Waals surface area contributed by atoms with Gasteiger partial charge in [-0.25, -0.2) is 0 Å². The lowest BCUT2D eigenvalue weighted by molar-refractivity contribution is -0.659. The molecule has 0 unspecified atom stereocenters. The van der Waals surface area contributed by atoms with E-state index in [-0.39, 0.29) is 0 Å². The Morgan fingerprint density at radius 1 is 1.18 bits per heavy atom. The first-order valence-corrected chi connectivity index (χ1v) is 8.07. The largest absolute Gasteiger partial charge is 0.272 e. The lowest BCUT2D eigenvalue weighted by Crippen LogP contribution is -2.30. The quantitative estimate of drug-likeness (QED) is 0.505. The van der Waals surface area contributed by atoms with E-state index in [4.69, 9.17) is 0 Å². The van der Waals surface area contributed by atoms with Gasteiger partial charge in [0.1, 0.15) is 18.1 Å². The molecular weight excluding hydrogens is 292 g/mol. The van der Waals surface area contributed by atoms with E-state index in [2.05, 4.69) is 71.4 Å². The third kappa shape index (κ3) is 1.78. The van der Waals surface area contributed by atoms with E-state index in [9.17, 15) is 0 Å². The summed E-state index contributed by atoms with van der Waals surface area (Å²) in [4.78, 5) is 0.935. The first-order chi connectivity index (χ1) is 10.6. The second-order valence-electron chi connectivity index (χ2n) is 5.83. The fourth-order valence-electron chi connectivity index (χ4n) is 3.05. The van der Waals surface area contributed by atoms with E-state index in [1.165, 1.54) is 32.6 Å². The maximum absolute atomic E-state index is 4.20. The smallest absolute Gasteiger partial charge is 0.232 e. The number of benzene rings is 1. The van der Waals surface area contributed by atoms with Crippen molar-refractivity contribution >= 4 is 26.5 Å². The van der Waals surface area contributed by atoms with Gasteiger partial charge in [-0.05, 0) is 38.0 Å². The predicted octanol–water partition coefficient (Wildman–Crippen LogP) is 3.36. The number of pyridine rings is 1. The normalized spacial score (nSPS) is 11.6. The average Bonchev–Trinajstić information content (AvgIpc) is 3.03. The van der Waals surface area contributed by atoms with Crippen LogP contribution < -0.4 is 4.57 Å². The molecule has 0 amide bonds. The maximum Gasteiger partial charge on any atom is 0.232 e. The molecule has 4 rings (SSSR count). The molecule has 5 heteroatoms. The molecule has 4 nitrogen and oxygen atoms in total. The standard InChI is InChI=1S/C17H17N4S/c1-10-7-11(2)12(3)13(8-10)15-16-14(5-6-20(15)4)21-9-18-19-17(21)22-16/h5-9H,1-4H3/q+1. The first kappa shape index (κ1) is 13.4. The summed E-state index contributed by atoms with van der Waals surface area (Å²) in [5.74, 6) is 0. The van der Waals surface area contributed by atoms with Crippen LogP contribution in [0.3, 0.4) is 0 Å². The van der Waals surface area contributed by atoms with Gasteiger partial charge in [-0.2, -0.15) is 4.57 Å². The van der Waals surface area contributed by atoms with Crippen LogP contribution in [-0.2, 0) is 7.05 Å². The minimum Gasteiger partial charge on any atom is -0.272 e. The first-order valence-electron chi connectivity index (χ1n) is 7.25. The molecule has 0 spiro atoms. The van der Waals surface area contributed by atoms with E-state index in [1.54, 1.807) is 17.7 Å². The second-order valence-corrected chi connectivity index (χ2v) is 6.81. The number of hydrogen-bond donors (Lipinski definition) is 0. The van der Waals surface area contributed by atoms with Crippen LogP contribution >= 0.6 is 11.3 Å². The summed E-state index contributed by atoms with van der Waals surface area (Å²) in [5, 5.41) is 8.20. The molecule has 3 aromatic heterocycles. The molecule has 0 N–H and O–H groups in total. The van der Waals surface area contributed by atoms with Crippen LogP contribution in [0.1, 0.15) is 16.7 Å². The maximum atomic E-state index is 4.20. The zero-order valence-electron chi connectivity index (χ0n) is 13.1. The van der Waals surface area contributed by atoms with Crippen LogP contribution in [0.5, 0.6) is 0 Å². The van der Waals surface area contributed by atoms with Crippen LogP contribution in [0.4, 0.5) is 0 Å². The van der Waals surface area contributed by atoms with Gasteiger partial charge < -0.3 is 0 Å². The Balaban J connectivity index is 2.16. The number of aryl methyl sites for hydroxylation is 3. The number of thiazole rings is 1. The highest BCUT2D eigenvalue weighted by Gasteiger charge is 2.22. The molecule has 0 aliphatic carbocycles. The van der Waals surface area contributed by atoms with Gasteiger partial charge in [0.2, 0.25) is 10.7 Å². The van der Waals surface area contributed by atoms with Crippen molar-refractivity contribution in [2.24, 2.45) is 7.05 Å². The van der Waals surface area contributed by atoms with E-state index in [1.807, 2.05) is 0 Å². The summed E-state index contributed by atoms with van der Waals surface area (Å²) in [6.07, 6.45) is 3.90.